The summed E-state index contributed by atoms with van der Waals surface area (Å²) in [5, 5.41) is 20.1. The van der Waals surface area contributed by atoms with Gasteiger partial charge in [0.15, 0.2) is 5.84 Å². The Morgan fingerprint density at radius 3 is 2.76 bits per heavy atom. The van der Waals surface area contributed by atoms with E-state index < -0.39 is 0 Å². The number of benzene rings is 1. The molecular weight excluding hydrogens is 484 g/mol. The Morgan fingerprint density at radius 1 is 1.27 bits per heavy atom. The number of nitrogens with zero attached hydrogens (tertiary/aromatic N) is 5. The fourth-order valence-corrected chi connectivity index (χ4v) is 5.13. The van der Waals surface area contributed by atoms with E-state index in [2.05, 4.69) is 59.2 Å². The Balaban J connectivity index is 1.44. The molecule has 2 fully saturated rings. The first kappa shape index (κ1) is 25.8. The van der Waals surface area contributed by atoms with Crippen LogP contribution in [0.2, 0.25) is 5.02 Å². The highest BCUT2D eigenvalue weighted by Crippen LogP contribution is 2.40. The number of aliphatic imine (C=N–C) groups is 1. The molecule has 1 aromatic carbocycles. The van der Waals surface area contributed by atoms with E-state index >= 15 is 0 Å². The second-order valence-corrected chi connectivity index (χ2v) is 10.7. The second kappa shape index (κ2) is 10.9. The van der Waals surface area contributed by atoms with Gasteiger partial charge in [0.25, 0.3) is 0 Å². The molecule has 7 nitrogen and oxygen atoms in total. The van der Waals surface area contributed by atoms with E-state index in [9.17, 15) is 5.11 Å². The largest absolute Gasteiger partial charge is 0.392 e. The van der Waals surface area contributed by atoms with Crippen LogP contribution >= 0.6 is 11.6 Å². The minimum absolute atomic E-state index is 0.229. The highest BCUT2D eigenvalue weighted by Gasteiger charge is 2.26. The molecule has 2 N–H and O–H groups in total. The van der Waals surface area contributed by atoms with Crippen LogP contribution in [0.3, 0.4) is 0 Å². The zero-order valence-corrected chi connectivity index (χ0v) is 23.0. The summed E-state index contributed by atoms with van der Waals surface area (Å²) in [6, 6.07) is 6.95. The summed E-state index contributed by atoms with van der Waals surface area (Å²) in [4.78, 5) is 7.33. The number of aromatic nitrogens is 3. The van der Waals surface area contributed by atoms with Crippen LogP contribution in [-0.2, 0) is 6.54 Å². The summed E-state index contributed by atoms with van der Waals surface area (Å²) < 4.78 is 4.16. The molecule has 3 aromatic rings. The van der Waals surface area contributed by atoms with Crippen LogP contribution in [0.1, 0.15) is 63.8 Å². The van der Waals surface area contributed by atoms with E-state index in [1.54, 1.807) is 0 Å². The van der Waals surface area contributed by atoms with E-state index in [1.165, 1.54) is 18.4 Å². The fraction of sp³-hybridized carbons (Fsp3) is 0.448. The minimum atomic E-state index is -0.229. The van der Waals surface area contributed by atoms with Gasteiger partial charge in [-0.1, -0.05) is 24.6 Å². The average molecular weight is 521 g/mol. The number of anilines is 1. The van der Waals surface area contributed by atoms with Crippen LogP contribution in [0.25, 0.3) is 10.9 Å². The van der Waals surface area contributed by atoms with E-state index in [1.807, 2.05) is 30.7 Å². The molecule has 2 aromatic heterocycles. The van der Waals surface area contributed by atoms with Crippen molar-refractivity contribution in [2.45, 2.75) is 72.1 Å². The van der Waals surface area contributed by atoms with Gasteiger partial charge >= 0.3 is 0 Å². The lowest BCUT2D eigenvalue weighted by Gasteiger charge is -2.14. The smallest absolute Gasteiger partial charge is 0.155 e. The van der Waals surface area contributed by atoms with Gasteiger partial charge in [-0.05, 0) is 76.3 Å². The lowest BCUT2D eigenvalue weighted by molar-refractivity contribution is 0.174. The van der Waals surface area contributed by atoms with Crippen LogP contribution in [0.15, 0.2) is 59.1 Å². The number of hydrogen-bond acceptors (Lipinski definition) is 5. The van der Waals surface area contributed by atoms with E-state index in [0.29, 0.717) is 12.6 Å². The highest BCUT2D eigenvalue weighted by atomic mass is 35.5. The van der Waals surface area contributed by atoms with Crippen molar-refractivity contribution in [3.05, 3.63) is 70.4 Å². The van der Waals surface area contributed by atoms with Crippen LogP contribution in [0.4, 0.5) is 5.69 Å². The third-order valence-corrected chi connectivity index (χ3v) is 7.64. The highest BCUT2D eigenvalue weighted by molar-refractivity contribution is 6.35. The van der Waals surface area contributed by atoms with Gasteiger partial charge in [0.2, 0.25) is 0 Å². The van der Waals surface area contributed by atoms with Gasteiger partial charge < -0.3 is 15.0 Å². The zero-order chi connectivity index (χ0) is 26.1. The number of β-amino-alcohol motifs (C(OH)–C–C–N with tert-alkyl or cyclic N) is 1. The van der Waals surface area contributed by atoms with E-state index in [4.69, 9.17) is 21.7 Å². The SMILES string of the molecule is CC=CC(=NC(Nc1ccc2c(c1)c(Cl)cn2C1CC1)=C(C)CC)n1cc(CN2CCC(O)C2)c(C)n1. The number of fused-ring (bicyclic) bond motifs is 1. The van der Waals surface area contributed by atoms with Crippen LogP contribution in [-0.4, -0.2) is 49.4 Å². The first-order valence-electron chi connectivity index (χ1n) is 13.3. The molecule has 37 heavy (non-hydrogen) atoms. The Bertz CT molecular complexity index is 1380. The van der Waals surface area contributed by atoms with Gasteiger partial charge in [-0.15, -0.1) is 0 Å². The van der Waals surface area contributed by atoms with Gasteiger partial charge in [-0.2, -0.15) is 5.10 Å². The maximum atomic E-state index is 9.90. The summed E-state index contributed by atoms with van der Waals surface area (Å²) in [5.41, 5.74) is 5.42. The van der Waals surface area contributed by atoms with Crippen LogP contribution < -0.4 is 5.32 Å². The number of aryl methyl sites for hydroxylation is 1. The van der Waals surface area contributed by atoms with Crippen LogP contribution in [0, 0.1) is 6.92 Å². The number of hydrogen-bond donors (Lipinski definition) is 2. The Kier molecular flexibility index (Phi) is 7.56. The summed E-state index contributed by atoms with van der Waals surface area (Å²) >= 11 is 6.61. The number of aliphatic hydroxyl groups is 1. The van der Waals surface area contributed by atoms with Gasteiger partial charge in [0, 0.05) is 60.2 Å². The number of aliphatic hydroxyl groups excluding tert-OH is 1. The zero-order valence-electron chi connectivity index (χ0n) is 22.2. The van der Waals surface area contributed by atoms with Crippen molar-refractivity contribution in [2.75, 3.05) is 18.4 Å². The maximum Gasteiger partial charge on any atom is 0.155 e. The average Bonchev–Trinajstić information content (AvgIpc) is 3.44. The molecule has 1 saturated heterocycles. The van der Waals surface area contributed by atoms with Crippen molar-refractivity contribution in [3.8, 4) is 0 Å². The molecule has 0 bridgehead atoms. The Morgan fingerprint density at radius 2 is 2.08 bits per heavy atom. The summed E-state index contributed by atoms with van der Waals surface area (Å²) in [5.74, 6) is 1.55. The first-order valence-corrected chi connectivity index (χ1v) is 13.7. The first-order chi connectivity index (χ1) is 17.9. The molecule has 3 heterocycles. The molecule has 196 valence electrons. The van der Waals surface area contributed by atoms with Gasteiger partial charge in [-0.3, -0.25) is 4.90 Å². The van der Waals surface area contributed by atoms with Crippen molar-refractivity contribution in [1.82, 2.24) is 19.2 Å². The quantitative estimate of drug-likeness (QED) is 0.271. The molecule has 1 atom stereocenters. The molecule has 0 radical (unpaired) electrons. The normalized spacial score (nSPS) is 19.8. The number of halogens is 1. The summed E-state index contributed by atoms with van der Waals surface area (Å²) in [7, 11) is 0. The predicted molar refractivity (Wildman–Crippen MR) is 152 cm³/mol. The molecule has 1 aliphatic carbocycles. The van der Waals surface area contributed by atoms with Crippen molar-refractivity contribution in [1.29, 1.82) is 0 Å². The molecule has 1 saturated carbocycles. The second-order valence-electron chi connectivity index (χ2n) is 10.3. The standard InChI is InChI=1S/C29H37ClN6O/c1-5-7-28(36-16-21(20(4)33-36)15-34-13-12-24(37)17-34)32-29(19(3)6-2)31-22-8-11-27-25(14-22)26(30)18-35(27)23-9-10-23/h5,7-8,11,14,16,18,23-24,31,37H,6,9-10,12-13,15,17H2,1-4H3. The number of nitrogens with one attached hydrogen (secondary N) is 1. The molecule has 1 aliphatic heterocycles. The summed E-state index contributed by atoms with van der Waals surface area (Å²) in [6.45, 7) is 10.7. The van der Waals surface area contributed by atoms with Gasteiger partial charge in [0.1, 0.15) is 5.82 Å². The number of allylic oxidation sites excluding steroid dienone is 3. The van der Waals surface area contributed by atoms with Crippen LogP contribution in [0.5, 0.6) is 0 Å². The number of rotatable bonds is 8. The number of likely N-dealkylation sites (tertiary alicyclic amines) is 1. The maximum absolute atomic E-state index is 9.90. The molecule has 5 rings (SSSR count). The van der Waals surface area contributed by atoms with Crippen molar-refractivity contribution in [3.63, 3.8) is 0 Å². The molecule has 0 spiro atoms. The Hall–Kier alpha value is -2.87. The molecule has 1 unspecified atom stereocenters. The Labute approximate surface area is 224 Å². The third kappa shape index (κ3) is 5.69. The summed E-state index contributed by atoms with van der Waals surface area (Å²) in [6.07, 6.45) is 12.0. The monoisotopic (exact) mass is 520 g/mol. The van der Waals surface area contributed by atoms with Crippen molar-refractivity contribution >= 4 is 34.0 Å². The van der Waals surface area contributed by atoms with E-state index in [0.717, 1.165) is 70.5 Å². The van der Waals surface area contributed by atoms with Gasteiger partial charge in [0.05, 0.1) is 16.8 Å². The van der Waals surface area contributed by atoms with Crippen molar-refractivity contribution < 1.29 is 5.11 Å². The predicted octanol–water partition coefficient (Wildman–Crippen LogP) is 6.28. The molecule has 2 aliphatic rings. The molecule has 0 amide bonds. The molecular formula is C29H37ClN6O. The molecule has 8 heteroatoms. The topological polar surface area (TPSA) is 70.6 Å². The van der Waals surface area contributed by atoms with Gasteiger partial charge in [-0.25, -0.2) is 9.67 Å². The minimum Gasteiger partial charge on any atom is -0.392 e. The lowest BCUT2D eigenvalue weighted by Crippen LogP contribution is -2.21. The van der Waals surface area contributed by atoms with E-state index in [-0.39, 0.29) is 6.10 Å². The lowest BCUT2D eigenvalue weighted by atomic mass is 10.2. The fourth-order valence-electron chi connectivity index (χ4n) is 4.87. The van der Waals surface area contributed by atoms with Crippen molar-refractivity contribution in [2.24, 2.45) is 4.99 Å². The third-order valence-electron chi connectivity index (χ3n) is 7.34.